The van der Waals surface area contributed by atoms with Gasteiger partial charge in [0.1, 0.15) is 4.21 Å². The van der Waals surface area contributed by atoms with E-state index in [0.717, 1.165) is 6.42 Å². The predicted octanol–water partition coefficient (Wildman–Crippen LogP) is 2.17. The molecule has 0 saturated heterocycles. The average molecular weight is 309 g/mol. The van der Waals surface area contributed by atoms with E-state index in [1.807, 2.05) is 18.2 Å². The molecule has 0 fully saturated rings. The zero-order chi connectivity index (χ0) is 14.0. The fraction of sp³-hybridized carbons (Fsp3) is 0.286. The van der Waals surface area contributed by atoms with E-state index in [1.165, 1.54) is 22.5 Å². The highest BCUT2D eigenvalue weighted by molar-refractivity contribution is 7.91. The third kappa shape index (κ3) is 2.93. The van der Waals surface area contributed by atoms with Crippen molar-refractivity contribution in [2.75, 3.05) is 6.54 Å². The van der Waals surface area contributed by atoms with Gasteiger partial charge in [0.25, 0.3) is 0 Å². The van der Waals surface area contributed by atoms with E-state index in [2.05, 4.69) is 10.8 Å². The Morgan fingerprint density at radius 1 is 1.20 bits per heavy atom. The van der Waals surface area contributed by atoms with E-state index >= 15 is 0 Å². The molecule has 0 aliphatic carbocycles. The first-order chi connectivity index (χ1) is 9.65. The largest absolute Gasteiger partial charge is 0.372 e. The molecular formula is C14H15NO3S2. The molecule has 0 spiro atoms. The van der Waals surface area contributed by atoms with Crippen LogP contribution in [0.2, 0.25) is 0 Å². The van der Waals surface area contributed by atoms with E-state index in [1.54, 1.807) is 17.5 Å². The average Bonchev–Trinajstić information content (AvgIpc) is 3.00. The molecule has 1 aliphatic heterocycles. The highest BCUT2D eigenvalue weighted by Gasteiger charge is 2.22. The quantitative estimate of drug-likeness (QED) is 0.941. The van der Waals surface area contributed by atoms with Crippen molar-refractivity contribution in [1.29, 1.82) is 0 Å². The lowest BCUT2D eigenvalue weighted by Crippen LogP contribution is -2.36. The van der Waals surface area contributed by atoms with Crippen LogP contribution in [0.3, 0.4) is 0 Å². The number of benzene rings is 1. The first kappa shape index (κ1) is 13.8. The van der Waals surface area contributed by atoms with Gasteiger partial charge in [0, 0.05) is 13.0 Å². The van der Waals surface area contributed by atoms with Crippen LogP contribution in [0.1, 0.15) is 11.1 Å². The summed E-state index contributed by atoms with van der Waals surface area (Å²) in [5, 5.41) is 1.75. The molecule has 2 aromatic rings. The second-order valence-electron chi connectivity index (χ2n) is 4.69. The molecule has 3 rings (SSSR count). The second kappa shape index (κ2) is 5.65. The number of thiophene rings is 1. The standard InChI is InChI=1S/C14H15NO3S2/c16-20(17,14-6-3-7-19-14)15-9-13-8-11-4-1-2-5-12(11)10-18-13/h1-7,13,15H,8-10H2. The van der Waals surface area contributed by atoms with E-state index in [4.69, 9.17) is 4.74 Å². The van der Waals surface area contributed by atoms with Crippen molar-refractivity contribution in [3.8, 4) is 0 Å². The van der Waals surface area contributed by atoms with Crippen LogP contribution in [0.5, 0.6) is 0 Å². The topological polar surface area (TPSA) is 55.4 Å². The fourth-order valence-corrected chi connectivity index (χ4v) is 4.33. The zero-order valence-electron chi connectivity index (χ0n) is 10.8. The Labute approximate surface area is 122 Å². The van der Waals surface area contributed by atoms with Crippen LogP contribution in [0, 0.1) is 0 Å². The fourth-order valence-electron chi connectivity index (χ4n) is 2.23. The SMILES string of the molecule is O=S(=O)(NCC1Cc2ccccc2CO1)c1cccs1. The monoisotopic (exact) mass is 309 g/mol. The summed E-state index contributed by atoms with van der Waals surface area (Å²) in [7, 11) is -3.41. The number of ether oxygens (including phenoxy) is 1. The highest BCUT2D eigenvalue weighted by atomic mass is 32.2. The number of fused-ring (bicyclic) bond motifs is 1. The van der Waals surface area contributed by atoms with E-state index in [9.17, 15) is 8.42 Å². The maximum Gasteiger partial charge on any atom is 0.250 e. The zero-order valence-corrected chi connectivity index (χ0v) is 12.4. The summed E-state index contributed by atoms with van der Waals surface area (Å²) in [6, 6.07) is 11.4. The molecule has 4 nitrogen and oxygen atoms in total. The van der Waals surface area contributed by atoms with E-state index < -0.39 is 10.0 Å². The molecule has 6 heteroatoms. The smallest absolute Gasteiger partial charge is 0.250 e. The van der Waals surface area contributed by atoms with Crippen molar-refractivity contribution in [3.05, 3.63) is 52.9 Å². The second-order valence-corrected chi connectivity index (χ2v) is 7.63. The van der Waals surface area contributed by atoms with Gasteiger partial charge in [-0.2, -0.15) is 0 Å². The number of hydrogen-bond acceptors (Lipinski definition) is 4. The molecule has 1 aliphatic rings. The summed E-state index contributed by atoms with van der Waals surface area (Å²) < 4.78 is 32.7. The predicted molar refractivity (Wildman–Crippen MR) is 78.2 cm³/mol. The molecule has 1 aromatic carbocycles. The molecule has 0 amide bonds. The summed E-state index contributed by atoms with van der Waals surface area (Å²) in [5.41, 5.74) is 2.42. The molecule has 2 heterocycles. The Balaban J connectivity index is 1.63. The first-order valence-electron chi connectivity index (χ1n) is 6.37. The Bertz CT molecular complexity index is 680. The van der Waals surface area contributed by atoms with Crippen molar-refractivity contribution in [2.24, 2.45) is 0 Å². The maximum absolute atomic E-state index is 12.0. The summed E-state index contributed by atoms with van der Waals surface area (Å²) in [4.78, 5) is 0. The molecule has 1 aromatic heterocycles. The number of sulfonamides is 1. The lowest BCUT2D eigenvalue weighted by Gasteiger charge is -2.25. The van der Waals surface area contributed by atoms with Gasteiger partial charge in [-0.25, -0.2) is 13.1 Å². The molecule has 106 valence electrons. The Kier molecular flexibility index (Phi) is 3.89. The van der Waals surface area contributed by atoms with Gasteiger partial charge < -0.3 is 4.74 Å². The minimum atomic E-state index is -3.41. The van der Waals surface area contributed by atoms with Crippen molar-refractivity contribution in [1.82, 2.24) is 4.72 Å². The Morgan fingerprint density at radius 3 is 2.75 bits per heavy atom. The normalized spacial score (nSPS) is 18.7. The molecule has 20 heavy (non-hydrogen) atoms. The van der Waals surface area contributed by atoms with Crippen LogP contribution in [-0.4, -0.2) is 21.1 Å². The lowest BCUT2D eigenvalue weighted by atomic mass is 9.99. The third-order valence-electron chi connectivity index (χ3n) is 3.30. The Hall–Kier alpha value is -1.21. The van der Waals surface area contributed by atoms with Gasteiger partial charge in [0.05, 0.1) is 12.7 Å². The van der Waals surface area contributed by atoms with Crippen LogP contribution < -0.4 is 4.72 Å². The first-order valence-corrected chi connectivity index (χ1v) is 8.73. The van der Waals surface area contributed by atoms with Crippen LogP contribution in [0.15, 0.2) is 46.0 Å². The van der Waals surface area contributed by atoms with E-state index in [-0.39, 0.29) is 6.10 Å². The van der Waals surface area contributed by atoms with Gasteiger partial charge in [0.2, 0.25) is 10.0 Å². The minimum Gasteiger partial charge on any atom is -0.372 e. The van der Waals surface area contributed by atoms with Gasteiger partial charge in [-0.15, -0.1) is 11.3 Å². The number of nitrogens with one attached hydrogen (secondary N) is 1. The highest BCUT2D eigenvalue weighted by Crippen LogP contribution is 2.21. The van der Waals surface area contributed by atoms with Gasteiger partial charge >= 0.3 is 0 Å². The van der Waals surface area contributed by atoms with Crippen molar-refractivity contribution in [3.63, 3.8) is 0 Å². The Morgan fingerprint density at radius 2 is 2.00 bits per heavy atom. The number of rotatable bonds is 4. The van der Waals surface area contributed by atoms with Crippen LogP contribution >= 0.6 is 11.3 Å². The van der Waals surface area contributed by atoms with Gasteiger partial charge in [-0.1, -0.05) is 30.3 Å². The maximum atomic E-state index is 12.0. The van der Waals surface area contributed by atoms with E-state index in [0.29, 0.717) is 17.4 Å². The molecule has 1 N–H and O–H groups in total. The summed E-state index contributed by atoms with van der Waals surface area (Å²) in [6.07, 6.45) is 0.628. The van der Waals surface area contributed by atoms with Gasteiger partial charge in [0.15, 0.2) is 0 Å². The van der Waals surface area contributed by atoms with Crippen LogP contribution in [-0.2, 0) is 27.8 Å². The van der Waals surface area contributed by atoms with Crippen LogP contribution in [0.25, 0.3) is 0 Å². The molecular weight excluding hydrogens is 294 g/mol. The minimum absolute atomic E-state index is 0.111. The molecule has 0 bridgehead atoms. The van der Waals surface area contributed by atoms with Crippen molar-refractivity contribution < 1.29 is 13.2 Å². The molecule has 1 atom stereocenters. The molecule has 0 radical (unpaired) electrons. The molecule has 1 unspecified atom stereocenters. The van der Waals surface area contributed by atoms with Gasteiger partial charge in [-0.3, -0.25) is 0 Å². The number of hydrogen-bond donors (Lipinski definition) is 1. The van der Waals surface area contributed by atoms with Crippen molar-refractivity contribution >= 4 is 21.4 Å². The van der Waals surface area contributed by atoms with Crippen LogP contribution in [0.4, 0.5) is 0 Å². The lowest BCUT2D eigenvalue weighted by molar-refractivity contribution is 0.0322. The van der Waals surface area contributed by atoms with Gasteiger partial charge in [-0.05, 0) is 22.6 Å². The third-order valence-corrected chi connectivity index (χ3v) is 6.12. The molecule has 0 saturated carbocycles. The summed E-state index contributed by atoms with van der Waals surface area (Å²) >= 11 is 1.21. The summed E-state index contributed by atoms with van der Waals surface area (Å²) in [6.45, 7) is 0.843. The van der Waals surface area contributed by atoms with Crippen molar-refractivity contribution in [2.45, 2.75) is 23.3 Å². The summed E-state index contributed by atoms with van der Waals surface area (Å²) in [5.74, 6) is 0.